The number of nitrogen functional groups attached to an aromatic ring is 1. The highest BCUT2D eigenvalue weighted by atomic mass is 35.5. The number of halogens is 1. The first-order valence-corrected chi connectivity index (χ1v) is 12.7. The van der Waals surface area contributed by atoms with Crippen molar-refractivity contribution in [3.05, 3.63) is 58.6 Å². The van der Waals surface area contributed by atoms with Gasteiger partial charge in [-0.3, -0.25) is 9.69 Å². The molecule has 7 nitrogen and oxygen atoms in total. The van der Waals surface area contributed by atoms with E-state index in [4.69, 9.17) is 26.8 Å². The van der Waals surface area contributed by atoms with Gasteiger partial charge < -0.3 is 20.5 Å². The summed E-state index contributed by atoms with van der Waals surface area (Å²) in [6, 6.07) is 13.4. The molecule has 0 saturated carbocycles. The fourth-order valence-electron chi connectivity index (χ4n) is 4.26. The number of likely N-dealkylation sites (tertiary alicyclic amines) is 1. The Kier molecular flexibility index (Phi) is 10.7. The molecule has 35 heavy (non-hydrogen) atoms. The van der Waals surface area contributed by atoms with Gasteiger partial charge in [-0.15, -0.1) is 0 Å². The van der Waals surface area contributed by atoms with E-state index in [1.165, 1.54) is 24.8 Å². The van der Waals surface area contributed by atoms with Crippen molar-refractivity contribution in [2.45, 2.75) is 38.5 Å². The molecule has 2 aromatic carbocycles. The number of nitrogens with zero attached hydrogens (tertiary/aromatic N) is 1. The number of esters is 1. The lowest BCUT2D eigenvalue weighted by molar-refractivity contribution is -0.121. The number of anilines is 1. The van der Waals surface area contributed by atoms with Crippen molar-refractivity contribution in [2.75, 3.05) is 45.6 Å². The van der Waals surface area contributed by atoms with E-state index in [1.807, 2.05) is 6.07 Å². The summed E-state index contributed by atoms with van der Waals surface area (Å²) >= 11 is 6.03. The van der Waals surface area contributed by atoms with Gasteiger partial charge in [0.15, 0.2) is 0 Å². The first kappa shape index (κ1) is 26.8. The van der Waals surface area contributed by atoms with Crippen LogP contribution >= 0.6 is 11.6 Å². The van der Waals surface area contributed by atoms with Crippen LogP contribution in [0.3, 0.4) is 0 Å². The van der Waals surface area contributed by atoms with Gasteiger partial charge in [-0.2, -0.15) is 0 Å². The first-order chi connectivity index (χ1) is 17.0. The Morgan fingerprint density at radius 3 is 2.60 bits per heavy atom. The summed E-state index contributed by atoms with van der Waals surface area (Å²) in [5.41, 5.74) is 7.70. The van der Waals surface area contributed by atoms with E-state index in [1.54, 1.807) is 0 Å². The van der Waals surface area contributed by atoms with E-state index in [9.17, 15) is 9.59 Å². The minimum Gasteiger partial charge on any atom is -0.496 e. The molecule has 3 rings (SSSR count). The lowest BCUT2D eigenvalue weighted by atomic mass is 9.96. The average molecular weight is 502 g/mol. The molecule has 1 fully saturated rings. The molecule has 0 aromatic heterocycles. The second-order valence-electron chi connectivity index (χ2n) is 8.99. The van der Waals surface area contributed by atoms with Crippen molar-refractivity contribution in [2.24, 2.45) is 5.92 Å². The van der Waals surface area contributed by atoms with Crippen molar-refractivity contribution in [1.82, 2.24) is 10.2 Å². The second kappa shape index (κ2) is 14.0. The minimum atomic E-state index is -0.481. The number of aryl methyl sites for hydroxylation is 1. The number of hydrogen-bond donors (Lipinski definition) is 2. The number of nitrogens with one attached hydrogen (secondary N) is 1. The zero-order chi connectivity index (χ0) is 25.0. The number of amides is 1. The summed E-state index contributed by atoms with van der Waals surface area (Å²) < 4.78 is 10.6. The smallest absolute Gasteiger partial charge is 0.342 e. The van der Waals surface area contributed by atoms with E-state index < -0.39 is 5.97 Å². The van der Waals surface area contributed by atoms with Crippen LogP contribution in [-0.4, -0.2) is 56.7 Å². The molecule has 8 heteroatoms. The maximum Gasteiger partial charge on any atom is 0.342 e. The van der Waals surface area contributed by atoms with Crippen molar-refractivity contribution in [3.8, 4) is 5.75 Å². The fraction of sp³-hybridized carbons (Fsp3) is 0.481. The number of nitrogens with two attached hydrogens (primary N) is 1. The normalized spacial score (nSPS) is 14.5. The number of ether oxygens (including phenoxy) is 2. The molecule has 1 saturated heterocycles. The zero-order valence-electron chi connectivity index (χ0n) is 20.4. The van der Waals surface area contributed by atoms with Crippen LogP contribution < -0.4 is 15.8 Å². The molecule has 0 spiro atoms. The Balaban J connectivity index is 1.27. The van der Waals surface area contributed by atoms with Crippen LogP contribution in [0.25, 0.3) is 0 Å². The summed E-state index contributed by atoms with van der Waals surface area (Å²) in [6.45, 7) is 3.53. The molecule has 2 aromatic rings. The highest BCUT2D eigenvalue weighted by Gasteiger charge is 2.21. The van der Waals surface area contributed by atoms with E-state index >= 15 is 0 Å². The van der Waals surface area contributed by atoms with E-state index in [0.29, 0.717) is 35.3 Å². The van der Waals surface area contributed by atoms with Gasteiger partial charge in [0.2, 0.25) is 5.91 Å². The number of rotatable bonds is 12. The van der Waals surface area contributed by atoms with E-state index in [2.05, 4.69) is 34.5 Å². The quantitative estimate of drug-likeness (QED) is 0.255. The number of hydrogen-bond acceptors (Lipinski definition) is 6. The second-order valence-corrected chi connectivity index (χ2v) is 9.40. The fourth-order valence-corrected chi connectivity index (χ4v) is 4.43. The van der Waals surface area contributed by atoms with Gasteiger partial charge in [-0.25, -0.2) is 4.79 Å². The predicted octanol–water partition coefficient (Wildman–Crippen LogP) is 4.33. The van der Waals surface area contributed by atoms with Gasteiger partial charge in [0, 0.05) is 25.6 Å². The highest BCUT2D eigenvalue weighted by molar-refractivity contribution is 6.33. The first-order valence-electron chi connectivity index (χ1n) is 12.3. The number of unbranched alkanes of at least 4 members (excludes halogenated alkanes) is 1. The summed E-state index contributed by atoms with van der Waals surface area (Å²) in [5, 5.41) is 3.39. The Hall–Kier alpha value is -2.77. The van der Waals surface area contributed by atoms with E-state index in [-0.39, 0.29) is 18.1 Å². The van der Waals surface area contributed by atoms with Gasteiger partial charge in [-0.05, 0) is 62.7 Å². The Morgan fingerprint density at radius 1 is 1.14 bits per heavy atom. The van der Waals surface area contributed by atoms with Gasteiger partial charge in [-0.1, -0.05) is 41.9 Å². The molecule has 1 amide bonds. The standard InChI is InChI=1S/C27H36ClN3O4/c1-34-25-18-24(29)23(28)17-22(25)27(33)35-16-15-31-13-11-21(12-14-31)19-30-26(32)10-6-5-9-20-7-3-2-4-8-20/h2-4,7-8,17-18,21H,5-6,9-16,19,29H2,1H3,(H,30,32). The van der Waals surface area contributed by atoms with Gasteiger partial charge in [0.1, 0.15) is 17.9 Å². The molecule has 3 N–H and O–H groups in total. The third-order valence-corrected chi connectivity index (χ3v) is 6.76. The molecule has 0 unspecified atom stereocenters. The van der Waals surface area contributed by atoms with Crippen LogP contribution in [0.1, 0.15) is 48.0 Å². The van der Waals surface area contributed by atoms with E-state index in [0.717, 1.165) is 51.7 Å². The maximum atomic E-state index is 12.4. The maximum absolute atomic E-state index is 12.4. The predicted molar refractivity (Wildman–Crippen MR) is 139 cm³/mol. The third-order valence-electron chi connectivity index (χ3n) is 6.44. The topological polar surface area (TPSA) is 93.9 Å². The van der Waals surface area contributed by atoms with Crippen molar-refractivity contribution >= 4 is 29.2 Å². The molecule has 1 heterocycles. The number of benzene rings is 2. The number of piperidine rings is 1. The molecule has 1 aliphatic rings. The molecule has 0 aliphatic carbocycles. The van der Waals surface area contributed by atoms with Gasteiger partial charge in [0.25, 0.3) is 0 Å². The Labute approximate surface area is 212 Å². The molecule has 0 radical (unpaired) electrons. The van der Waals surface area contributed by atoms with Crippen LogP contribution in [0.2, 0.25) is 5.02 Å². The number of methoxy groups -OCH3 is 1. The van der Waals surface area contributed by atoms with Crippen molar-refractivity contribution < 1.29 is 19.1 Å². The van der Waals surface area contributed by atoms with Crippen LogP contribution in [-0.2, 0) is 16.0 Å². The van der Waals surface area contributed by atoms with Crippen LogP contribution in [0.15, 0.2) is 42.5 Å². The molecule has 0 bridgehead atoms. The van der Waals surface area contributed by atoms with Crippen molar-refractivity contribution in [1.29, 1.82) is 0 Å². The Bertz CT molecular complexity index is 962. The van der Waals surface area contributed by atoms with Crippen molar-refractivity contribution in [3.63, 3.8) is 0 Å². The number of carbonyl (C=O) groups excluding carboxylic acids is 2. The zero-order valence-corrected chi connectivity index (χ0v) is 21.2. The lowest BCUT2D eigenvalue weighted by Gasteiger charge is -2.31. The highest BCUT2D eigenvalue weighted by Crippen LogP contribution is 2.29. The third kappa shape index (κ3) is 8.75. The minimum absolute atomic E-state index is 0.144. The SMILES string of the molecule is COc1cc(N)c(Cl)cc1C(=O)OCCN1CCC(CNC(=O)CCCCc2ccccc2)CC1. The summed E-state index contributed by atoms with van der Waals surface area (Å²) in [5.74, 6) is 0.495. The van der Waals surface area contributed by atoms with Gasteiger partial charge >= 0.3 is 5.97 Å². The van der Waals surface area contributed by atoms with Crippen LogP contribution in [0.5, 0.6) is 5.75 Å². The lowest BCUT2D eigenvalue weighted by Crippen LogP contribution is -2.40. The molecule has 0 atom stereocenters. The molecule has 1 aliphatic heterocycles. The van der Waals surface area contributed by atoms with Crippen LogP contribution in [0.4, 0.5) is 5.69 Å². The molecular formula is C27H36ClN3O4. The summed E-state index contributed by atoms with van der Waals surface area (Å²) in [7, 11) is 1.47. The van der Waals surface area contributed by atoms with Gasteiger partial charge in [0.05, 0.1) is 17.8 Å². The van der Waals surface area contributed by atoms with Crippen LogP contribution in [0, 0.1) is 5.92 Å². The largest absolute Gasteiger partial charge is 0.496 e. The summed E-state index contributed by atoms with van der Waals surface area (Å²) in [6.07, 6.45) is 5.57. The monoisotopic (exact) mass is 501 g/mol. The molecule has 190 valence electrons. The Morgan fingerprint density at radius 2 is 1.89 bits per heavy atom. The summed E-state index contributed by atoms with van der Waals surface area (Å²) in [4.78, 5) is 26.9. The molecular weight excluding hydrogens is 466 g/mol. The number of carbonyl (C=O) groups is 2. The average Bonchev–Trinajstić information content (AvgIpc) is 2.88.